The summed E-state index contributed by atoms with van der Waals surface area (Å²) in [7, 11) is 0. The molecule has 4 heterocycles. The number of rotatable bonds is 12. The van der Waals surface area contributed by atoms with Crippen LogP contribution in [0.4, 0.5) is 5.69 Å². The quantitative estimate of drug-likeness (QED) is 0.153. The molecule has 9 heteroatoms. The van der Waals surface area contributed by atoms with Crippen LogP contribution in [0.15, 0.2) is 97.1 Å². The van der Waals surface area contributed by atoms with Crippen LogP contribution in [0, 0.1) is 0 Å². The lowest BCUT2D eigenvalue weighted by Gasteiger charge is -2.37. The Hall–Kier alpha value is -4.99. The van der Waals surface area contributed by atoms with Crippen molar-refractivity contribution < 1.29 is 19.5 Å². The van der Waals surface area contributed by atoms with E-state index in [1.54, 1.807) is 4.90 Å². The summed E-state index contributed by atoms with van der Waals surface area (Å²) in [6, 6.07) is 33.6. The minimum atomic E-state index is -0.583. The van der Waals surface area contributed by atoms with Crippen LogP contribution in [0.2, 0.25) is 0 Å². The topological polar surface area (TPSA) is 96.4 Å². The number of carbonyl (C=O) groups excluding carboxylic acids is 3. The Balaban J connectivity index is 0.790. The summed E-state index contributed by atoms with van der Waals surface area (Å²) in [5.74, 6) is 0.701. The molecule has 4 aliphatic heterocycles. The van der Waals surface area contributed by atoms with Gasteiger partial charge in [-0.3, -0.25) is 24.6 Å². The molecule has 8 rings (SSSR count). The summed E-state index contributed by atoms with van der Waals surface area (Å²) < 4.78 is 0. The first-order chi connectivity index (χ1) is 27.3. The average molecular weight is 754 g/mol. The predicted molar refractivity (Wildman–Crippen MR) is 220 cm³/mol. The number of piperazine rings is 1. The van der Waals surface area contributed by atoms with Gasteiger partial charge < -0.3 is 19.8 Å². The minimum Gasteiger partial charge on any atom is -0.508 e. The van der Waals surface area contributed by atoms with Gasteiger partial charge in [0.2, 0.25) is 11.8 Å². The van der Waals surface area contributed by atoms with Crippen molar-refractivity contribution in [1.82, 2.24) is 20.0 Å². The number of hydrogen-bond acceptors (Lipinski definition) is 7. The molecule has 3 amide bonds. The smallest absolute Gasteiger partial charge is 0.255 e. The zero-order valence-electron chi connectivity index (χ0n) is 32.6. The molecule has 0 aromatic heterocycles. The van der Waals surface area contributed by atoms with Gasteiger partial charge in [-0.05, 0) is 128 Å². The Kier molecular flexibility index (Phi) is 11.5. The van der Waals surface area contributed by atoms with Crippen LogP contribution in [0.25, 0.3) is 0 Å². The highest BCUT2D eigenvalue weighted by Crippen LogP contribution is 2.42. The van der Waals surface area contributed by atoms with E-state index in [1.807, 2.05) is 24.3 Å². The van der Waals surface area contributed by atoms with E-state index in [1.165, 1.54) is 41.5 Å². The maximum absolute atomic E-state index is 13.1. The largest absolute Gasteiger partial charge is 0.508 e. The lowest BCUT2D eigenvalue weighted by molar-refractivity contribution is -0.136. The van der Waals surface area contributed by atoms with E-state index in [0.29, 0.717) is 36.1 Å². The molecule has 292 valence electrons. The van der Waals surface area contributed by atoms with Crippen LogP contribution in [0.1, 0.15) is 101 Å². The first-order valence-electron chi connectivity index (χ1n) is 20.8. The molecule has 0 radical (unpaired) electrons. The molecule has 3 saturated heterocycles. The van der Waals surface area contributed by atoms with Gasteiger partial charge in [-0.1, -0.05) is 73.7 Å². The molecule has 3 fully saturated rings. The van der Waals surface area contributed by atoms with Gasteiger partial charge in [0.1, 0.15) is 11.8 Å². The summed E-state index contributed by atoms with van der Waals surface area (Å²) in [5.41, 5.74) is 8.13. The number of likely N-dealkylation sites (tertiary alicyclic amines) is 1. The fourth-order valence-electron chi connectivity index (χ4n) is 9.67. The van der Waals surface area contributed by atoms with Crippen molar-refractivity contribution in [3.63, 3.8) is 0 Å². The van der Waals surface area contributed by atoms with Gasteiger partial charge in [0, 0.05) is 56.3 Å². The van der Waals surface area contributed by atoms with Crippen LogP contribution >= 0.6 is 0 Å². The van der Waals surface area contributed by atoms with Crippen LogP contribution in [0.5, 0.6) is 5.75 Å². The SMILES string of the molecule is CCC(c1ccccc1)C(c1ccc(O)cc1)c1ccc(C2CCN(CCCN3CCN(c4ccc5c(c4)CN(C4CCC(=O)NC4=O)C5=O)CC3)CC2)cc1. The van der Waals surface area contributed by atoms with Crippen molar-refractivity contribution >= 4 is 23.4 Å². The van der Waals surface area contributed by atoms with Gasteiger partial charge in [0.15, 0.2) is 0 Å². The third-order valence-corrected chi connectivity index (χ3v) is 12.9. The van der Waals surface area contributed by atoms with Crippen molar-refractivity contribution in [2.45, 2.75) is 75.8 Å². The summed E-state index contributed by atoms with van der Waals surface area (Å²) in [5, 5.41) is 12.4. The molecule has 0 bridgehead atoms. The Labute approximate surface area is 331 Å². The summed E-state index contributed by atoms with van der Waals surface area (Å²) in [4.78, 5) is 46.5. The van der Waals surface area contributed by atoms with Crippen molar-refractivity contribution in [3.05, 3.63) is 130 Å². The zero-order valence-corrected chi connectivity index (χ0v) is 32.6. The van der Waals surface area contributed by atoms with Crippen LogP contribution in [-0.2, 0) is 16.1 Å². The van der Waals surface area contributed by atoms with E-state index in [-0.39, 0.29) is 30.1 Å². The van der Waals surface area contributed by atoms with E-state index in [9.17, 15) is 19.5 Å². The number of carbonyl (C=O) groups is 3. The predicted octanol–water partition coefficient (Wildman–Crippen LogP) is 6.87. The molecule has 56 heavy (non-hydrogen) atoms. The maximum Gasteiger partial charge on any atom is 0.255 e. The highest BCUT2D eigenvalue weighted by molar-refractivity contribution is 6.05. The number of benzene rings is 4. The number of imide groups is 1. The number of phenolic OH excluding ortho intramolecular Hbond substituents is 1. The number of nitrogens with one attached hydrogen (secondary N) is 1. The lowest BCUT2D eigenvalue weighted by atomic mass is 9.75. The van der Waals surface area contributed by atoms with Crippen molar-refractivity contribution in [2.75, 3.05) is 57.3 Å². The fraction of sp³-hybridized carbons (Fsp3) is 0.426. The summed E-state index contributed by atoms with van der Waals surface area (Å²) >= 11 is 0. The Morgan fingerprint density at radius 3 is 2.05 bits per heavy atom. The summed E-state index contributed by atoms with van der Waals surface area (Å²) in [6.45, 7) is 11.2. The number of hydrogen-bond donors (Lipinski definition) is 2. The highest BCUT2D eigenvalue weighted by Gasteiger charge is 2.39. The van der Waals surface area contributed by atoms with E-state index in [2.05, 4.69) is 99.7 Å². The van der Waals surface area contributed by atoms with Gasteiger partial charge in [0.05, 0.1) is 0 Å². The van der Waals surface area contributed by atoms with E-state index in [4.69, 9.17) is 0 Å². The molecule has 3 unspecified atom stereocenters. The molecule has 4 aromatic rings. The third kappa shape index (κ3) is 8.25. The minimum absolute atomic E-state index is 0.120. The first-order valence-corrected chi connectivity index (χ1v) is 20.8. The second-order valence-electron chi connectivity index (χ2n) is 16.2. The Morgan fingerprint density at radius 2 is 1.39 bits per heavy atom. The van der Waals surface area contributed by atoms with E-state index in [0.717, 1.165) is 70.0 Å². The second kappa shape index (κ2) is 17.0. The fourth-order valence-corrected chi connectivity index (χ4v) is 9.67. The number of amides is 3. The molecule has 0 spiro atoms. The Bertz CT molecular complexity index is 1990. The monoisotopic (exact) mass is 753 g/mol. The molecule has 3 atom stereocenters. The van der Waals surface area contributed by atoms with Crippen LogP contribution < -0.4 is 10.2 Å². The number of nitrogens with zero attached hydrogens (tertiary/aromatic N) is 4. The van der Waals surface area contributed by atoms with Crippen molar-refractivity contribution in [2.24, 2.45) is 0 Å². The molecular formula is C47H55N5O4. The molecule has 4 aromatic carbocycles. The Morgan fingerprint density at radius 1 is 0.732 bits per heavy atom. The van der Waals surface area contributed by atoms with Gasteiger partial charge in [-0.2, -0.15) is 0 Å². The van der Waals surface area contributed by atoms with Crippen LogP contribution in [-0.4, -0.2) is 95.9 Å². The molecule has 0 aliphatic carbocycles. The lowest BCUT2D eigenvalue weighted by Crippen LogP contribution is -2.52. The number of piperidine rings is 2. The van der Waals surface area contributed by atoms with Crippen molar-refractivity contribution in [3.8, 4) is 5.75 Å². The highest BCUT2D eigenvalue weighted by atomic mass is 16.3. The first kappa shape index (κ1) is 37.9. The number of phenols is 1. The molecule has 0 saturated carbocycles. The van der Waals surface area contributed by atoms with Gasteiger partial charge in [0.25, 0.3) is 5.91 Å². The molecule has 4 aliphatic rings. The normalized spacial score (nSPS) is 20.9. The van der Waals surface area contributed by atoms with Gasteiger partial charge in [-0.25, -0.2) is 0 Å². The average Bonchev–Trinajstić information content (AvgIpc) is 3.56. The maximum atomic E-state index is 13.1. The van der Waals surface area contributed by atoms with Gasteiger partial charge in [-0.15, -0.1) is 0 Å². The van der Waals surface area contributed by atoms with E-state index >= 15 is 0 Å². The zero-order chi connectivity index (χ0) is 38.6. The van der Waals surface area contributed by atoms with Crippen molar-refractivity contribution in [1.29, 1.82) is 0 Å². The van der Waals surface area contributed by atoms with Crippen LogP contribution in [0.3, 0.4) is 0 Å². The number of fused-ring (bicyclic) bond motifs is 1. The second-order valence-corrected chi connectivity index (χ2v) is 16.2. The summed E-state index contributed by atoms with van der Waals surface area (Å²) in [6.07, 6.45) is 5.24. The standard InChI is InChI=1S/C47H55N5O4/c1-2-41(35-7-4-3-5-8-35)45(37-13-16-40(53)17-14-37)36-11-9-33(10-12-36)34-21-25-49(26-22-34)23-6-24-50-27-29-51(30-28-50)39-15-18-42-38(31-39)32-52(47(42)56)43-19-20-44(54)48-46(43)55/h3-5,7-18,31,34,41,43,45,53H,2,6,19-30,32H2,1H3,(H,48,54,55). The molecule has 2 N–H and O–H groups in total. The number of aromatic hydroxyl groups is 1. The molecule has 9 nitrogen and oxygen atoms in total. The number of anilines is 1. The van der Waals surface area contributed by atoms with Gasteiger partial charge >= 0.3 is 0 Å². The molecular weight excluding hydrogens is 699 g/mol. The third-order valence-electron chi connectivity index (χ3n) is 12.9. The van der Waals surface area contributed by atoms with E-state index < -0.39 is 6.04 Å².